The molecule has 3 aromatic rings. The van der Waals surface area contributed by atoms with E-state index in [0.29, 0.717) is 22.9 Å². The third kappa shape index (κ3) is 7.58. The fraction of sp³-hybridized carbons (Fsp3) is 0.136. The molecule has 0 saturated carbocycles. The minimum Gasteiger partial charge on any atom is -0.484 e. The number of hydrogen-bond donors (Lipinski definition) is 4. The average molecular weight is 422 g/mol. The number of carbonyl (C=O) groups is 3. The summed E-state index contributed by atoms with van der Waals surface area (Å²) in [5.74, 6) is 0.432. The number of rotatable bonds is 9. The minimum absolute atomic E-state index is 0.181. The number of furan rings is 1. The number of urea groups is 1. The third-order valence-corrected chi connectivity index (χ3v) is 3.99. The molecular weight excluding hydrogens is 400 g/mol. The van der Waals surface area contributed by atoms with E-state index in [2.05, 4.69) is 21.3 Å². The van der Waals surface area contributed by atoms with E-state index in [0.717, 1.165) is 0 Å². The van der Waals surface area contributed by atoms with Gasteiger partial charge in [-0.2, -0.15) is 0 Å². The fourth-order valence-corrected chi connectivity index (χ4v) is 2.49. The van der Waals surface area contributed by atoms with Crippen LogP contribution >= 0.6 is 0 Å². The van der Waals surface area contributed by atoms with Gasteiger partial charge < -0.3 is 30.4 Å². The summed E-state index contributed by atoms with van der Waals surface area (Å²) in [4.78, 5) is 35.7. The van der Waals surface area contributed by atoms with Gasteiger partial charge in [-0.05, 0) is 48.5 Å². The van der Waals surface area contributed by atoms with E-state index < -0.39 is 5.91 Å². The molecule has 0 spiro atoms. The molecule has 0 bridgehead atoms. The molecule has 31 heavy (non-hydrogen) atoms. The average Bonchev–Trinajstić information content (AvgIpc) is 3.31. The van der Waals surface area contributed by atoms with Gasteiger partial charge in [0, 0.05) is 11.4 Å². The van der Waals surface area contributed by atoms with E-state index in [4.69, 9.17) is 9.15 Å². The number of nitrogens with one attached hydrogen (secondary N) is 4. The molecule has 4 N–H and O–H groups in total. The first kappa shape index (κ1) is 21.4. The molecule has 3 rings (SSSR count). The van der Waals surface area contributed by atoms with Crippen LogP contribution in [0.25, 0.3) is 0 Å². The van der Waals surface area contributed by atoms with Gasteiger partial charge in [0.05, 0.1) is 19.4 Å². The number of benzene rings is 2. The second-order valence-corrected chi connectivity index (χ2v) is 6.39. The van der Waals surface area contributed by atoms with E-state index in [1.165, 1.54) is 6.26 Å². The summed E-state index contributed by atoms with van der Waals surface area (Å²) in [5.41, 5.74) is 1.09. The maximum atomic E-state index is 12.0. The van der Waals surface area contributed by atoms with Crippen molar-refractivity contribution >= 4 is 29.2 Å². The molecule has 0 fully saturated rings. The van der Waals surface area contributed by atoms with Crippen LogP contribution in [0.2, 0.25) is 0 Å². The molecule has 0 unspecified atom stereocenters. The molecule has 0 aliphatic heterocycles. The van der Waals surface area contributed by atoms with Crippen molar-refractivity contribution < 1.29 is 23.5 Å². The lowest BCUT2D eigenvalue weighted by molar-refractivity contribution is -0.125. The summed E-state index contributed by atoms with van der Waals surface area (Å²) in [6, 6.07) is 18.6. The first-order chi connectivity index (χ1) is 15.1. The van der Waals surface area contributed by atoms with Crippen LogP contribution in [0.4, 0.5) is 16.2 Å². The predicted molar refractivity (Wildman–Crippen MR) is 115 cm³/mol. The van der Waals surface area contributed by atoms with E-state index in [1.54, 1.807) is 60.7 Å². The monoisotopic (exact) mass is 422 g/mol. The maximum absolute atomic E-state index is 12.0. The van der Waals surface area contributed by atoms with Crippen molar-refractivity contribution in [1.29, 1.82) is 0 Å². The van der Waals surface area contributed by atoms with Gasteiger partial charge in [0.15, 0.2) is 6.61 Å². The summed E-state index contributed by atoms with van der Waals surface area (Å²) in [6.45, 7) is -0.0963. The summed E-state index contributed by atoms with van der Waals surface area (Å²) < 4.78 is 10.5. The molecular formula is C22H22N4O5. The SMILES string of the molecule is O=C(COc1ccccc1)NCC(=O)Nc1ccc(NC(=O)NCc2ccco2)cc1. The first-order valence-electron chi connectivity index (χ1n) is 9.50. The quantitative estimate of drug-likeness (QED) is 0.422. The van der Waals surface area contributed by atoms with Crippen molar-refractivity contribution in [2.45, 2.75) is 6.54 Å². The first-order valence-corrected chi connectivity index (χ1v) is 9.50. The molecule has 0 radical (unpaired) electrons. The lowest BCUT2D eigenvalue weighted by Gasteiger charge is -2.10. The van der Waals surface area contributed by atoms with Crippen LogP contribution in [-0.4, -0.2) is 31.0 Å². The molecule has 160 valence electrons. The number of carbonyl (C=O) groups excluding carboxylic acids is 3. The predicted octanol–water partition coefficient (Wildman–Crippen LogP) is 2.74. The van der Waals surface area contributed by atoms with Gasteiger partial charge in [-0.15, -0.1) is 0 Å². The summed E-state index contributed by atoms with van der Waals surface area (Å²) in [6.07, 6.45) is 1.53. The van der Waals surface area contributed by atoms with Gasteiger partial charge >= 0.3 is 6.03 Å². The zero-order valence-corrected chi connectivity index (χ0v) is 16.6. The second kappa shape index (κ2) is 11.1. The summed E-state index contributed by atoms with van der Waals surface area (Å²) in [7, 11) is 0. The van der Waals surface area contributed by atoms with Crippen molar-refractivity contribution in [3.8, 4) is 5.75 Å². The highest BCUT2D eigenvalue weighted by Crippen LogP contribution is 2.13. The Morgan fingerprint density at radius 2 is 1.48 bits per heavy atom. The van der Waals surface area contributed by atoms with Gasteiger partial charge in [-0.25, -0.2) is 4.79 Å². The van der Waals surface area contributed by atoms with Crippen molar-refractivity contribution in [2.75, 3.05) is 23.8 Å². The number of anilines is 2. The zero-order valence-electron chi connectivity index (χ0n) is 16.6. The van der Waals surface area contributed by atoms with E-state index in [9.17, 15) is 14.4 Å². The molecule has 0 atom stereocenters. The van der Waals surface area contributed by atoms with Gasteiger partial charge in [0.1, 0.15) is 11.5 Å². The Bertz CT molecular complexity index is 989. The van der Waals surface area contributed by atoms with E-state index in [1.807, 2.05) is 6.07 Å². The van der Waals surface area contributed by atoms with Crippen molar-refractivity contribution in [2.24, 2.45) is 0 Å². The zero-order chi connectivity index (χ0) is 21.9. The third-order valence-electron chi connectivity index (χ3n) is 3.99. The molecule has 1 heterocycles. The fourth-order valence-electron chi connectivity index (χ4n) is 2.49. The van der Waals surface area contributed by atoms with Crippen LogP contribution in [0.5, 0.6) is 5.75 Å². The lowest BCUT2D eigenvalue weighted by Crippen LogP contribution is -2.35. The van der Waals surface area contributed by atoms with E-state index >= 15 is 0 Å². The smallest absolute Gasteiger partial charge is 0.319 e. The Morgan fingerprint density at radius 1 is 0.774 bits per heavy atom. The Morgan fingerprint density at radius 3 is 2.16 bits per heavy atom. The molecule has 1 aromatic heterocycles. The highest BCUT2D eigenvalue weighted by atomic mass is 16.5. The minimum atomic E-state index is -0.404. The summed E-state index contributed by atoms with van der Waals surface area (Å²) >= 11 is 0. The highest BCUT2D eigenvalue weighted by molar-refractivity contribution is 5.95. The highest BCUT2D eigenvalue weighted by Gasteiger charge is 2.08. The van der Waals surface area contributed by atoms with Gasteiger partial charge in [0.2, 0.25) is 5.91 Å². The topological polar surface area (TPSA) is 122 Å². The lowest BCUT2D eigenvalue weighted by atomic mass is 10.3. The number of para-hydroxylation sites is 1. The van der Waals surface area contributed by atoms with Gasteiger partial charge in [-0.3, -0.25) is 9.59 Å². The van der Waals surface area contributed by atoms with Crippen LogP contribution in [0.3, 0.4) is 0 Å². The van der Waals surface area contributed by atoms with Crippen LogP contribution < -0.4 is 26.0 Å². The summed E-state index contributed by atoms with van der Waals surface area (Å²) in [5, 5.41) is 10.5. The normalized spacial score (nSPS) is 10.1. The Kier molecular flexibility index (Phi) is 7.64. The Labute approximate surface area is 178 Å². The molecule has 0 saturated heterocycles. The van der Waals surface area contributed by atoms with Crippen LogP contribution in [0.15, 0.2) is 77.4 Å². The molecule has 2 aromatic carbocycles. The molecule has 0 aliphatic carbocycles. The van der Waals surface area contributed by atoms with Gasteiger partial charge in [-0.1, -0.05) is 18.2 Å². The second-order valence-electron chi connectivity index (χ2n) is 6.39. The van der Waals surface area contributed by atoms with Gasteiger partial charge in [0.25, 0.3) is 5.91 Å². The van der Waals surface area contributed by atoms with Crippen molar-refractivity contribution in [1.82, 2.24) is 10.6 Å². The molecule has 9 nitrogen and oxygen atoms in total. The van der Waals surface area contributed by atoms with Crippen molar-refractivity contribution in [3.63, 3.8) is 0 Å². The number of amides is 4. The van der Waals surface area contributed by atoms with Crippen molar-refractivity contribution in [3.05, 3.63) is 78.8 Å². The molecule has 0 aliphatic rings. The molecule has 4 amide bonds. The van der Waals surface area contributed by atoms with Crippen LogP contribution in [0.1, 0.15) is 5.76 Å². The largest absolute Gasteiger partial charge is 0.484 e. The number of ether oxygens (including phenoxy) is 1. The van der Waals surface area contributed by atoms with E-state index in [-0.39, 0.29) is 31.6 Å². The Balaban J connectivity index is 1.35. The van der Waals surface area contributed by atoms with Crippen LogP contribution in [-0.2, 0) is 16.1 Å². The Hall–Kier alpha value is -4.27. The van der Waals surface area contributed by atoms with Crippen LogP contribution in [0, 0.1) is 0 Å². The number of hydrogen-bond acceptors (Lipinski definition) is 5. The molecule has 9 heteroatoms. The maximum Gasteiger partial charge on any atom is 0.319 e. The standard InChI is InChI=1S/C22H22N4O5/c27-20(14-23-21(28)15-31-18-5-2-1-3-6-18)25-16-8-10-17(11-9-16)26-22(29)24-13-19-7-4-12-30-19/h1-12H,13-15H2,(H,23,28)(H,25,27)(H2,24,26,29).